The van der Waals surface area contributed by atoms with Gasteiger partial charge in [-0.3, -0.25) is 10.1 Å². The number of primary amides is 1. The molecule has 0 bridgehead atoms. The molecule has 0 aromatic heterocycles. The Hall–Kier alpha value is -1.56. The third-order valence-corrected chi connectivity index (χ3v) is 1.97. The number of benzene rings is 1. The molecule has 15 heavy (non-hydrogen) atoms. The highest BCUT2D eigenvalue weighted by Gasteiger charge is 2.04. The fourth-order valence-electron chi connectivity index (χ4n) is 0.853. The van der Waals surface area contributed by atoms with Gasteiger partial charge in [-0.15, -0.1) is 0 Å². The predicted molar refractivity (Wildman–Crippen MR) is 57.4 cm³/mol. The number of hydrogen-bond donors (Lipinski definition) is 2. The Kier molecular flexibility index (Phi) is 4.11. The number of halogens is 1. The minimum Gasteiger partial charge on any atom is -0.484 e. The molecule has 5 nitrogen and oxygen atoms in total. The number of hydrogen-bond acceptors (Lipinski definition) is 3. The normalized spacial score (nSPS) is 9.40. The standard InChI is InChI=1S/C9H9BrN2O3/c10-6-1-3-7(4-2-6)15-5-8(13)12-9(11)14/h1-4H,5H2,(H3,11,12,13,14). The van der Waals surface area contributed by atoms with Gasteiger partial charge < -0.3 is 10.5 Å². The maximum absolute atomic E-state index is 10.9. The van der Waals surface area contributed by atoms with E-state index in [1.165, 1.54) is 0 Å². The van der Waals surface area contributed by atoms with Gasteiger partial charge >= 0.3 is 6.03 Å². The molecule has 1 rings (SSSR count). The summed E-state index contributed by atoms with van der Waals surface area (Å²) in [6.07, 6.45) is 0. The minimum atomic E-state index is -0.889. The van der Waals surface area contributed by atoms with Gasteiger partial charge in [0, 0.05) is 4.47 Å². The van der Waals surface area contributed by atoms with E-state index >= 15 is 0 Å². The van der Waals surface area contributed by atoms with Gasteiger partial charge in [0.05, 0.1) is 0 Å². The van der Waals surface area contributed by atoms with E-state index in [2.05, 4.69) is 15.9 Å². The Morgan fingerprint density at radius 2 is 1.93 bits per heavy atom. The molecule has 0 saturated heterocycles. The zero-order valence-electron chi connectivity index (χ0n) is 7.70. The van der Waals surface area contributed by atoms with E-state index in [0.29, 0.717) is 5.75 Å². The number of carbonyl (C=O) groups is 2. The number of amides is 3. The molecule has 0 aliphatic heterocycles. The second kappa shape index (κ2) is 5.35. The van der Waals surface area contributed by atoms with Crippen molar-refractivity contribution < 1.29 is 14.3 Å². The topological polar surface area (TPSA) is 81.4 Å². The van der Waals surface area contributed by atoms with Crippen molar-refractivity contribution in [2.75, 3.05) is 6.61 Å². The summed E-state index contributed by atoms with van der Waals surface area (Å²) in [7, 11) is 0. The van der Waals surface area contributed by atoms with E-state index in [1.807, 2.05) is 5.32 Å². The minimum absolute atomic E-state index is 0.245. The van der Waals surface area contributed by atoms with Gasteiger partial charge in [-0.05, 0) is 24.3 Å². The van der Waals surface area contributed by atoms with Gasteiger partial charge in [0.15, 0.2) is 6.61 Å². The smallest absolute Gasteiger partial charge is 0.318 e. The predicted octanol–water partition coefficient (Wildman–Crippen LogP) is 1.02. The number of imide groups is 1. The largest absolute Gasteiger partial charge is 0.484 e. The Morgan fingerprint density at radius 1 is 1.33 bits per heavy atom. The van der Waals surface area contributed by atoms with Gasteiger partial charge in [0.1, 0.15) is 5.75 Å². The summed E-state index contributed by atoms with van der Waals surface area (Å²) in [4.78, 5) is 21.2. The summed E-state index contributed by atoms with van der Waals surface area (Å²) < 4.78 is 6.00. The van der Waals surface area contributed by atoms with Crippen LogP contribution in [0.1, 0.15) is 0 Å². The van der Waals surface area contributed by atoms with Crippen LogP contribution in [0.15, 0.2) is 28.7 Å². The number of urea groups is 1. The van der Waals surface area contributed by atoms with Crippen LogP contribution in [0.3, 0.4) is 0 Å². The highest BCUT2D eigenvalue weighted by molar-refractivity contribution is 9.10. The van der Waals surface area contributed by atoms with E-state index in [9.17, 15) is 9.59 Å². The van der Waals surface area contributed by atoms with Crippen LogP contribution in [0.5, 0.6) is 5.75 Å². The van der Waals surface area contributed by atoms with Crippen molar-refractivity contribution in [3.8, 4) is 5.75 Å². The summed E-state index contributed by atoms with van der Waals surface area (Å²) in [5.74, 6) is -0.0387. The molecule has 0 aliphatic carbocycles. The molecule has 3 amide bonds. The Labute approximate surface area is 94.7 Å². The van der Waals surface area contributed by atoms with E-state index in [4.69, 9.17) is 10.5 Å². The average molecular weight is 273 g/mol. The molecule has 0 saturated carbocycles. The van der Waals surface area contributed by atoms with E-state index in [0.717, 1.165) is 4.47 Å². The molecule has 0 fully saturated rings. The lowest BCUT2D eigenvalue weighted by molar-refractivity contribution is -0.121. The number of rotatable bonds is 3. The van der Waals surface area contributed by atoms with Crippen molar-refractivity contribution in [1.29, 1.82) is 0 Å². The van der Waals surface area contributed by atoms with Crippen LogP contribution in [0.25, 0.3) is 0 Å². The first-order chi connectivity index (χ1) is 7.08. The molecule has 0 aliphatic rings. The fourth-order valence-corrected chi connectivity index (χ4v) is 1.12. The van der Waals surface area contributed by atoms with Crippen LogP contribution < -0.4 is 15.8 Å². The molecule has 6 heteroatoms. The Morgan fingerprint density at radius 3 is 2.47 bits per heavy atom. The average Bonchev–Trinajstić information content (AvgIpc) is 2.16. The number of nitrogens with two attached hydrogens (primary N) is 1. The van der Waals surface area contributed by atoms with Crippen LogP contribution in [0, 0.1) is 0 Å². The van der Waals surface area contributed by atoms with Crippen molar-refractivity contribution in [3.05, 3.63) is 28.7 Å². The molecule has 0 unspecified atom stereocenters. The second-order valence-electron chi connectivity index (χ2n) is 2.66. The maximum atomic E-state index is 10.9. The molecule has 80 valence electrons. The van der Waals surface area contributed by atoms with Crippen molar-refractivity contribution in [1.82, 2.24) is 5.32 Å². The number of nitrogens with one attached hydrogen (secondary N) is 1. The first-order valence-electron chi connectivity index (χ1n) is 4.05. The van der Waals surface area contributed by atoms with Gasteiger partial charge in [-0.25, -0.2) is 4.79 Å². The molecular formula is C9H9BrN2O3. The lowest BCUT2D eigenvalue weighted by atomic mass is 10.3. The van der Waals surface area contributed by atoms with E-state index in [-0.39, 0.29) is 6.61 Å². The highest BCUT2D eigenvalue weighted by atomic mass is 79.9. The zero-order chi connectivity index (χ0) is 11.3. The summed E-state index contributed by atoms with van der Waals surface area (Å²) >= 11 is 3.26. The first kappa shape index (κ1) is 11.5. The number of ether oxygens (including phenoxy) is 1. The molecule has 1 aromatic rings. The Balaban J connectivity index is 2.40. The molecule has 1 aromatic carbocycles. The lowest BCUT2D eigenvalue weighted by Crippen LogP contribution is -2.38. The number of carbonyl (C=O) groups excluding carboxylic acids is 2. The molecule has 0 heterocycles. The van der Waals surface area contributed by atoms with Gasteiger partial charge in [0.2, 0.25) is 0 Å². The van der Waals surface area contributed by atoms with Gasteiger partial charge in [-0.1, -0.05) is 15.9 Å². The van der Waals surface area contributed by atoms with Crippen LogP contribution in [-0.4, -0.2) is 18.5 Å². The first-order valence-corrected chi connectivity index (χ1v) is 4.85. The van der Waals surface area contributed by atoms with Gasteiger partial charge in [-0.2, -0.15) is 0 Å². The van der Waals surface area contributed by atoms with Crippen LogP contribution in [0.2, 0.25) is 0 Å². The SMILES string of the molecule is NC(=O)NC(=O)COc1ccc(Br)cc1. The highest BCUT2D eigenvalue weighted by Crippen LogP contribution is 2.15. The molecule has 0 radical (unpaired) electrons. The van der Waals surface area contributed by atoms with Crippen molar-refractivity contribution in [2.45, 2.75) is 0 Å². The Bertz CT molecular complexity index is 364. The maximum Gasteiger partial charge on any atom is 0.318 e. The third-order valence-electron chi connectivity index (χ3n) is 1.45. The van der Waals surface area contributed by atoms with Crippen molar-refractivity contribution in [3.63, 3.8) is 0 Å². The quantitative estimate of drug-likeness (QED) is 0.862. The van der Waals surface area contributed by atoms with Crippen molar-refractivity contribution >= 4 is 27.9 Å². The van der Waals surface area contributed by atoms with E-state index < -0.39 is 11.9 Å². The zero-order valence-corrected chi connectivity index (χ0v) is 9.28. The van der Waals surface area contributed by atoms with E-state index in [1.54, 1.807) is 24.3 Å². The fraction of sp³-hybridized carbons (Fsp3) is 0.111. The molecular weight excluding hydrogens is 264 g/mol. The van der Waals surface area contributed by atoms with Crippen LogP contribution in [-0.2, 0) is 4.79 Å². The summed E-state index contributed by atoms with van der Waals surface area (Å²) in [5.41, 5.74) is 4.75. The second-order valence-corrected chi connectivity index (χ2v) is 3.57. The summed E-state index contributed by atoms with van der Waals surface area (Å²) in [6.45, 7) is -0.245. The lowest BCUT2D eigenvalue weighted by Gasteiger charge is -2.04. The van der Waals surface area contributed by atoms with Gasteiger partial charge in [0.25, 0.3) is 5.91 Å². The van der Waals surface area contributed by atoms with Crippen molar-refractivity contribution in [2.24, 2.45) is 5.73 Å². The third kappa shape index (κ3) is 4.46. The molecule has 0 atom stereocenters. The summed E-state index contributed by atoms with van der Waals surface area (Å²) in [6, 6.07) is 6.06. The molecule has 3 N–H and O–H groups in total. The monoisotopic (exact) mass is 272 g/mol. The summed E-state index contributed by atoms with van der Waals surface area (Å²) in [5, 5.41) is 1.89. The molecule has 0 spiro atoms. The van der Waals surface area contributed by atoms with Crippen LogP contribution >= 0.6 is 15.9 Å². The van der Waals surface area contributed by atoms with Crippen LogP contribution in [0.4, 0.5) is 4.79 Å².